The van der Waals surface area contributed by atoms with Crippen LogP contribution in [0.15, 0.2) is 0 Å². The molecule has 0 aromatic rings. The second kappa shape index (κ2) is 4.73. The molecule has 2 nitrogen and oxygen atoms in total. The molecule has 11 heavy (non-hydrogen) atoms. The molecule has 0 bridgehead atoms. The lowest BCUT2D eigenvalue weighted by atomic mass is 10.0. The molecule has 2 atom stereocenters. The lowest BCUT2D eigenvalue weighted by Gasteiger charge is -2.18. The van der Waals surface area contributed by atoms with E-state index in [4.69, 9.17) is 5.73 Å². The Bertz CT molecular complexity index is 104. The first-order chi connectivity index (χ1) is 5.38. The first kappa shape index (κ1) is 9.01. The van der Waals surface area contributed by atoms with Gasteiger partial charge < -0.3 is 11.1 Å². The van der Waals surface area contributed by atoms with Gasteiger partial charge in [-0.05, 0) is 38.3 Å². The van der Waals surface area contributed by atoms with Gasteiger partial charge in [0.15, 0.2) is 0 Å². The van der Waals surface area contributed by atoms with E-state index in [9.17, 15) is 0 Å². The topological polar surface area (TPSA) is 38.0 Å². The minimum atomic E-state index is 0.722. The minimum Gasteiger partial charge on any atom is -0.330 e. The van der Waals surface area contributed by atoms with Crippen LogP contribution in [0.5, 0.6) is 0 Å². The van der Waals surface area contributed by atoms with Crippen molar-refractivity contribution < 1.29 is 0 Å². The SMILES string of the molecule is CCCNC1CCCC1CN. The smallest absolute Gasteiger partial charge is 0.0107 e. The van der Waals surface area contributed by atoms with Gasteiger partial charge in [0.25, 0.3) is 0 Å². The van der Waals surface area contributed by atoms with Crippen molar-refractivity contribution in [1.29, 1.82) is 0 Å². The molecule has 0 aliphatic heterocycles. The third-order valence-corrected chi connectivity index (χ3v) is 2.62. The predicted octanol–water partition coefficient (Wildman–Crippen LogP) is 1.11. The lowest BCUT2D eigenvalue weighted by Crippen LogP contribution is -2.36. The van der Waals surface area contributed by atoms with Crippen LogP contribution in [0.4, 0.5) is 0 Å². The number of rotatable bonds is 4. The van der Waals surface area contributed by atoms with E-state index in [1.165, 1.54) is 25.7 Å². The number of hydrogen-bond acceptors (Lipinski definition) is 2. The zero-order valence-corrected chi connectivity index (χ0v) is 7.47. The summed E-state index contributed by atoms with van der Waals surface area (Å²) < 4.78 is 0. The molecule has 1 aliphatic carbocycles. The van der Waals surface area contributed by atoms with Crippen molar-refractivity contribution in [3.05, 3.63) is 0 Å². The van der Waals surface area contributed by atoms with Crippen molar-refractivity contribution in [2.45, 2.75) is 38.6 Å². The predicted molar refractivity (Wildman–Crippen MR) is 48.5 cm³/mol. The van der Waals surface area contributed by atoms with E-state index in [0.717, 1.165) is 25.0 Å². The van der Waals surface area contributed by atoms with Crippen molar-refractivity contribution in [3.63, 3.8) is 0 Å². The van der Waals surface area contributed by atoms with Crippen molar-refractivity contribution in [2.75, 3.05) is 13.1 Å². The maximum Gasteiger partial charge on any atom is 0.0107 e. The van der Waals surface area contributed by atoms with E-state index < -0.39 is 0 Å². The van der Waals surface area contributed by atoms with Crippen LogP contribution < -0.4 is 11.1 Å². The van der Waals surface area contributed by atoms with Gasteiger partial charge in [0, 0.05) is 6.04 Å². The Labute approximate surface area is 69.5 Å². The van der Waals surface area contributed by atoms with Gasteiger partial charge in [-0.25, -0.2) is 0 Å². The summed E-state index contributed by atoms with van der Waals surface area (Å²) in [4.78, 5) is 0. The normalized spacial score (nSPS) is 31.1. The number of nitrogens with two attached hydrogens (primary N) is 1. The van der Waals surface area contributed by atoms with Gasteiger partial charge in [-0.2, -0.15) is 0 Å². The first-order valence-corrected chi connectivity index (χ1v) is 4.82. The second-order valence-electron chi connectivity index (χ2n) is 3.49. The van der Waals surface area contributed by atoms with E-state index in [0.29, 0.717) is 0 Å². The molecular formula is C9H20N2. The highest BCUT2D eigenvalue weighted by molar-refractivity contribution is 4.83. The van der Waals surface area contributed by atoms with Crippen molar-refractivity contribution >= 4 is 0 Å². The van der Waals surface area contributed by atoms with E-state index in [-0.39, 0.29) is 0 Å². The molecule has 0 heterocycles. The maximum absolute atomic E-state index is 5.66. The summed E-state index contributed by atoms with van der Waals surface area (Å²) in [7, 11) is 0. The highest BCUT2D eigenvalue weighted by Gasteiger charge is 2.24. The number of nitrogens with one attached hydrogen (secondary N) is 1. The molecule has 1 aliphatic rings. The zero-order chi connectivity index (χ0) is 8.10. The van der Waals surface area contributed by atoms with Crippen molar-refractivity contribution in [3.8, 4) is 0 Å². The van der Waals surface area contributed by atoms with Crippen LogP contribution in [0.25, 0.3) is 0 Å². The average molecular weight is 156 g/mol. The molecule has 66 valence electrons. The maximum atomic E-state index is 5.66. The van der Waals surface area contributed by atoms with Gasteiger partial charge in [-0.1, -0.05) is 13.3 Å². The average Bonchev–Trinajstić information content (AvgIpc) is 2.47. The van der Waals surface area contributed by atoms with Crippen LogP contribution in [0, 0.1) is 5.92 Å². The summed E-state index contributed by atoms with van der Waals surface area (Å²) in [5.74, 6) is 0.751. The molecule has 0 saturated heterocycles. The van der Waals surface area contributed by atoms with Gasteiger partial charge in [0.1, 0.15) is 0 Å². The fourth-order valence-corrected chi connectivity index (χ4v) is 1.92. The Hall–Kier alpha value is -0.0800. The molecular weight excluding hydrogens is 136 g/mol. The zero-order valence-electron chi connectivity index (χ0n) is 7.47. The van der Waals surface area contributed by atoms with Gasteiger partial charge >= 0.3 is 0 Å². The second-order valence-corrected chi connectivity index (χ2v) is 3.49. The van der Waals surface area contributed by atoms with Crippen LogP contribution in [0.3, 0.4) is 0 Å². The Balaban J connectivity index is 2.20. The van der Waals surface area contributed by atoms with Crippen LogP contribution in [0.2, 0.25) is 0 Å². The Kier molecular flexibility index (Phi) is 3.87. The van der Waals surface area contributed by atoms with Crippen LogP contribution >= 0.6 is 0 Å². The third kappa shape index (κ3) is 2.46. The molecule has 2 unspecified atom stereocenters. The van der Waals surface area contributed by atoms with E-state index in [2.05, 4.69) is 12.2 Å². The van der Waals surface area contributed by atoms with Crippen LogP contribution in [0.1, 0.15) is 32.6 Å². The monoisotopic (exact) mass is 156 g/mol. The summed E-state index contributed by atoms with van der Waals surface area (Å²) in [5, 5.41) is 3.55. The minimum absolute atomic E-state index is 0.722. The lowest BCUT2D eigenvalue weighted by molar-refractivity contribution is 0.408. The van der Waals surface area contributed by atoms with Gasteiger partial charge in [0.2, 0.25) is 0 Å². The highest BCUT2D eigenvalue weighted by atomic mass is 14.9. The molecule has 0 amide bonds. The summed E-state index contributed by atoms with van der Waals surface area (Å²) in [6, 6.07) is 0.722. The Morgan fingerprint density at radius 3 is 2.91 bits per heavy atom. The molecule has 1 saturated carbocycles. The van der Waals surface area contributed by atoms with Gasteiger partial charge in [-0.15, -0.1) is 0 Å². The third-order valence-electron chi connectivity index (χ3n) is 2.62. The highest BCUT2D eigenvalue weighted by Crippen LogP contribution is 2.24. The molecule has 0 aromatic carbocycles. The standard InChI is InChI=1S/C9H20N2/c1-2-6-11-9-5-3-4-8(9)7-10/h8-9,11H,2-7,10H2,1H3. The molecule has 0 spiro atoms. The fourth-order valence-electron chi connectivity index (χ4n) is 1.92. The Morgan fingerprint density at radius 2 is 2.27 bits per heavy atom. The van der Waals surface area contributed by atoms with Crippen LogP contribution in [-0.4, -0.2) is 19.1 Å². The molecule has 1 fully saturated rings. The molecule has 0 radical (unpaired) electrons. The van der Waals surface area contributed by atoms with Gasteiger partial charge in [-0.3, -0.25) is 0 Å². The van der Waals surface area contributed by atoms with Crippen LogP contribution in [-0.2, 0) is 0 Å². The van der Waals surface area contributed by atoms with Crippen molar-refractivity contribution in [1.82, 2.24) is 5.32 Å². The largest absolute Gasteiger partial charge is 0.330 e. The van der Waals surface area contributed by atoms with E-state index >= 15 is 0 Å². The van der Waals surface area contributed by atoms with E-state index in [1.54, 1.807) is 0 Å². The summed E-state index contributed by atoms with van der Waals surface area (Å²) in [5.41, 5.74) is 5.66. The summed E-state index contributed by atoms with van der Waals surface area (Å²) in [6.07, 6.45) is 5.26. The molecule has 0 aromatic heterocycles. The van der Waals surface area contributed by atoms with Crippen molar-refractivity contribution in [2.24, 2.45) is 11.7 Å². The first-order valence-electron chi connectivity index (χ1n) is 4.82. The fraction of sp³-hybridized carbons (Fsp3) is 1.00. The summed E-state index contributed by atoms with van der Waals surface area (Å²) in [6.45, 7) is 4.22. The number of hydrogen-bond donors (Lipinski definition) is 2. The molecule has 1 rings (SSSR count). The quantitative estimate of drug-likeness (QED) is 0.640. The molecule has 3 N–H and O–H groups in total. The summed E-state index contributed by atoms with van der Waals surface area (Å²) >= 11 is 0. The van der Waals surface area contributed by atoms with Gasteiger partial charge in [0.05, 0.1) is 0 Å². The molecule has 2 heteroatoms. The van der Waals surface area contributed by atoms with E-state index in [1.807, 2.05) is 0 Å². The Morgan fingerprint density at radius 1 is 1.45 bits per heavy atom.